The number of hydrogen-bond donors (Lipinski definition) is 0. The summed E-state index contributed by atoms with van der Waals surface area (Å²) in [5.74, 6) is 2.89. The van der Waals surface area contributed by atoms with Gasteiger partial charge in [-0.2, -0.15) is 0 Å². The number of likely N-dealkylation sites (tertiary alicyclic amines) is 1. The maximum absolute atomic E-state index is 6.74. The lowest BCUT2D eigenvalue weighted by atomic mass is 9.92. The van der Waals surface area contributed by atoms with E-state index in [1.807, 2.05) is 18.2 Å². The number of oxazole rings is 1. The second-order valence-electron chi connectivity index (χ2n) is 9.97. The smallest absolute Gasteiger partial charge is 0.213 e. The van der Waals surface area contributed by atoms with E-state index in [9.17, 15) is 0 Å². The van der Waals surface area contributed by atoms with Crippen LogP contribution in [-0.2, 0) is 13.0 Å². The van der Waals surface area contributed by atoms with E-state index in [1.54, 1.807) is 7.11 Å². The highest BCUT2D eigenvalue weighted by Gasteiger charge is 2.39. The van der Waals surface area contributed by atoms with E-state index in [4.69, 9.17) is 14.1 Å². The van der Waals surface area contributed by atoms with Gasteiger partial charge in [0.25, 0.3) is 0 Å². The number of benzene rings is 4. The van der Waals surface area contributed by atoms with E-state index in [1.165, 1.54) is 11.1 Å². The Balaban J connectivity index is 1.42. The molecule has 0 bridgehead atoms. The molecule has 2 heterocycles. The van der Waals surface area contributed by atoms with Crippen LogP contribution in [0.1, 0.15) is 29.5 Å². The second kappa shape index (κ2) is 11.1. The summed E-state index contributed by atoms with van der Waals surface area (Å²) in [7, 11) is 1.72. The van der Waals surface area contributed by atoms with Crippen molar-refractivity contribution in [2.75, 3.05) is 13.7 Å². The molecule has 190 valence electrons. The molecule has 38 heavy (non-hydrogen) atoms. The van der Waals surface area contributed by atoms with E-state index >= 15 is 0 Å². The third-order valence-corrected chi connectivity index (χ3v) is 7.47. The van der Waals surface area contributed by atoms with Crippen molar-refractivity contribution in [1.29, 1.82) is 0 Å². The topological polar surface area (TPSA) is 38.5 Å². The van der Waals surface area contributed by atoms with Crippen LogP contribution in [0.2, 0.25) is 0 Å². The summed E-state index contributed by atoms with van der Waals surface area (Å²) in [6.45, 7) is 1.86. The molecule has 1 aliphatic heterocycles. The minimum absolute atomic E-state index is 0.0707. The first kappa shape index (κ1) is 24.2. The van der Waals surface area contributed by atoms with Crippen LogP contribution in [0.3, 0.4) is 0 Å². The van der Waals surface area contributed by atoms with Gasteiger partial charge in [0.05, 0.1) is 13.2 Å². The predicted octanol–water partition coefficient (Wildman–Crippen LogP) is 7.82. The Morgan fingerprint density at radius 3 is 2.16 bits per heavy atom. The molecule has 0 radical (unpaired) electrons. The molecule has 1 fully saturated rings. The first-order chi connectivity index (χ1) is 18.8. The Bertz CT molecular complexity index is 1410. The van der Waals surface area contributed by atoms with Crippen LogP contribution in [-0.4, -0.2) is 23.5 Å². The SMILES string of the molecule is COc1cccc(CC2CCN(Cc3ccccc3)C2c2nc(-c3ccccc3)c(-c3ccccc3)o2)c1. The normalized spacial score (nSPS) is 17.5. The monoisotopic (exact) mass is 500 g/mol. The van der Waals surface area contributed by atoms with Crippen LogP contribution < -0.4 is 4.74 Å². The minimum atomic E-state index is 0.0707. The number of aromatic nitrogens is 1. The van der Waals surface area contributed by atoms with Gasteiger partial charge in [-0.1, -0.05) is 103 Å². The van der Waals surface area contributed by atoms with Crippen molar-refractivity contribution in [2.24, 2.45) is 5.92 Å². The summed E-state index contributed by atoms with van der Waals surface area (Å²) in [4.78, 5) is 7.76. The quantitative estimate of drug-likeness (QED) is 0.218. The van der Waals surface area contributed by atoms with Crippen LogP contribution in [0.5, 0.6) is 5.75 Å². The lowest BCUT2D eigenvalue weighted by Gasteiger charge is -2.26. The van der Waals surface area contributed by atoms with Crippen LogP contribution in [0, 0.1) is 5.92 Å². The fourth-order valence-electron chi connectivity index (χ4n) is 5.64. The molecule has 2 atom stereocenters. The molecular weight excluding hydrogens is 468 g/mol. The summed E-state index contributed by atoms with van der Waals surface area (Å²) in [5, 5.41) is 0. The Morgan fingerprint density at radius 1 is 0.789 bits per heavy atom. The Labute approximate surface area is 224 Å². The average molecular weight is 501 g/mol. The number of methoxy groups -OCH3 is 1. The minimum Gasteiger partial charge on any atom is -0.497 e. The zero-order valence-corrected chi connectivity index (χ0v) is 21.7. The van der Waals surface area contributed by atoms with Crippen molar-refractivity contribution in [1.82, 2.24) is 9.88 Å². The molecule has 4 nitrogen and oxygen atoms in total. The Kier molecular flexibility index (Phi) is 7.05. The molecule has 5 aromatic rings. The van der Waals surface area contributed by atoms with Crippen molar-refractivity contribution < 1.29 is 9.15 Å². The number of rotatable bonds is 8. The molecule has 1 saturated heterocycles. The highest BCUT2D eigenvalue weighted by molar-refractivity contribution is 5.76. The number of ether oxygens (including phenoxy) is 1. The van der Waals surface area contributed by atoms with Crippen LogP contribution in [0.15, 0.2) is 120 Å². The Morgan fingerprint density at radius 2 is 1.45 bits per heavy atom. The molecule has 0 aliphatic carbocycles. The fourth-order valence-corrected chi connectivity index (χ4v) is 5.64. The summed E-state index contributed by atoms with van der Waals surface area (Å²) >= 11 is 0. The van der Waals surface area contributed by atoms with Crippen LogP contribution in [0.4, 0.5) is 0 Å². The zero-order chi connectivity index (χ0) is 25.7. The van der Waals surface area contributed by atoms with Gasteiger partial charge in [0.2, 0.25) is 5.89 Å². The summed E-state index contributed by atoms with van der Waals surface area (Å²) in [5.41, 5.74) is 5.59. The van der Waals surface area contributed by atoms with Crippen LogP contribution in [0.25, 0.3) is 22.6 Å². The number of hydrogen-bond acceptors (Lipinski definition) is 4. The zero-order valence-electron chi connectivity index (χ0n) is 21.7. The van der Waals surface area contributed by atoms with Crippen LogP contribution >= 0.6 is 0 Å². The Hall–Kier alpha value is -4.15. The van der Waals surface area contributed by atoms with Gasteiger partial charge >= 0.3 is 0 Å². The predicted molar refractivity (Wildman–Crippen MR) is 152 cm³/mol. The van der Waals surface area contributed by atoms with Crippen molar-refractivity contribution in [2.45, 2.75) is 25.4 Å². The summed E-state index contributed by atoms with van der Waals surface area (Å²) < 4.78 is 12.2. The van der Waals surface area contributed by atoms with Gasteiger partial charge in [-0.3, -0.25) is 4.90 Å². The van der Waals surface area contributed by atoms with Gasteiger partial charge < -0.3 is 9.15 Å². The van der Waals surface area contributed by atoms with Gasteiger partial charge in [0.1, 0.15) is 11.4 Å². The van der Waals surface area contributed by atoms with E-state index < -0.39 is 0 Å². The van der Waals surface area contributed by atoms with Gasteiger partial charge in [0.15, 0.2) is 5.76 Å². The van der Waals surface area contributed by atoms with E-state index in [0.717, 1.165) is 60.2 Å². The van der Waals surface area contributed by atoms with Crippen molar-refractivity contribution in [3.8, 4) is 28.3 Å². The first-order valence-corrected chi connectivity index (χ1v) is 13.3. The van der Waals surface area contributed by atoms with Gasteiger partial charge in [-0.25, -0.2) is 4.98 Å². The lowest BCUT2D eigenvalue weighted by molar-refractivity contribution is 0.186. The molecule has 4 aromatic carbocycles. The molecule has 6 rings (SSSR count). The average Bonchev–Trinajstić information content (AvgIpc) is 3.59. The maximum Gasteiger partial charge on any atom is 0.213 e. The molecule has 0 saturated carbocycles. The molecule has 2 unspecified atom stereocenters. The summed E-state index contributed by atoms with van der Waals surface area (Å²) in [6.07, 6.45) is 2.02. The molecule has 4 heteroatoms. The highest BCUT2D eigenvalue weighted by Crippen LogP contribution is 2.43. The lowest BCUT2D eigenvalue weighted by Crippen LogP contribution is -2.26. The molecule has 0 N–H and O–H groups in total. The number of nitrogens with zero attached hydrogens (tertiary/aromatic N) is 2. The van der Waals surface area contributed by atoms with E-state index in [0.29, 0.717) is 5.92 Å². The standard InChI is InChI=1S/C34H32N2O2/c1-37-30-19-11-14-26(23-30)22-29-20-21-36(24-25-12-5-2-6-13-25)32(29)34-35-31(27-15-7-3-8-16-27)33(38-34)28-17-9-4-10-18-28/h2-19,23,29,32H,20-22,24H2,1H3. The van der Waals surface area contributed by atoms with E-state index in [-0.39, 0.29) is 6.04 Å². The van der Waals surface area contributed by atoms with Gasteiger partial charge in [-0.05, 0) is 48.6 Å². The fraction of sp³-hybridized carbons (Fsp3) is 0.206. The molecule has 1 aromatic heterocycles. The van der Waals surface area contributed by atoms with Crippen molar-refractivity contribution in [3.05, 3.63) is 132 Å². The van der Waals surface area contributed by atoms with Gasteiger partial charge in [-0.15, -0.1) is 0 Å². The summed E-state index contributed by atoms with van der Waals surface area (Å²) in [6, 6.07) is 39.9. The maximum atomic E-state index is 6.74. The molecule has 0 amide bonds. The molecule has 1 aliphatic rings. The molecule has 0 spiro atoms. The second-order valence-corrected chi connectivity index (χ2v) is 9.97. The first-order valence-electron chi connectivity index (χ1n) is 13.3. The highest BCUT2D eigenvalue weighted by atomic mass is 16.5. The third-order valence-electron chi connectivity index (χ3n) is 7.47. The van der Waals surface area contributed by atoms with Crippen molar-refractivity contribution >= 4 is 0 Å². The largest absolute Gasteiger partial charge is 0.497 e. The van der Waals surface area contributed by atoms with Crippen molar-refractivity contribution in [3.63, 3.8) is 0 Å². The van der Waals surface area contributed by atoms with Gasteiger partial charge in [0, 0.05) is 17.7 Å². The third kappa shape index (κ3) is 5.13. The van der Waals surface area contributed by atoms with E-state index in [2.05, 4.69) is 102 Å². The molecular formula is C34H32N2O2.